The molecule has 5 aromatic rings. The summed E-state index contributed by atoms with van der Waals surface area (Å²) >= 11 is 1.53. The summed E-state index contributed by atoms with van der Waals surface area (Å²) < 4.78 is 3.19. The number of benzene rings is 4. The molecule has 0 N–H and O–H groups in total. The van der Waals surface area contributed by atoms with E-state index in [1.165, 1.54) is 16.7 Å². The van der Waals surface area contributed by atoms with Crippen LogP contribution in [0, 0.1) is 0 Å². The molecule has 1 amide bonds. The molecule has 0 saturated carbocycles. The van der Waals surface area contributed by atoms with E-state index in [4.69, 9.17) is 0 Å². The molecule has 32 heavy (non-hydrogen) atoms. The summed E-state index contributed by atoms with van der Waals surface area (Å²) in [4.78, 5) is 30.6. The van der Waals surface area contributed by atoms with Crippen LogP contribution in [0.15, 0.2) is 96.0 Å². The van der Waals surface area contributed by atoms with Crippen molar-refractivity contribution in [3.8, 4) is 0 Å². The van der Waals surface area contributed by atoms with Crippen LogP contribution in [0.4, 0.5) is 0 Å². The van der Waals surface area contributed by atoms with Crippen molar-refractivity contribution in [1.29, 1.82) is 0 Å². The number of carbonyl (C=O) groups is 2. The highest BCUT2D eigenvalue weighted by atomic mass is 32.1. The van der Waals surface area contributed by atoms with E-state index in [9.17, 15) is 9.59 Å². The summed E-state index contributed by atoms with van der Waals surface area (Å²) in [7, 11) is 0. The second-order valence-electron chi connectivity index (χ2n) is 7.45. The fraction of sp³-hybridized carbons (Fsp3) is 0.0741. The number of hydrogen-bond acceptors (Lipinski definition) is 3. The van der Waals surface area contributed by atoms with Crippen molar-refractivity contribution < 1.29 is 9.59 Å². The van der Waals surface area contributed by atoms with Gasteiger partial charge in [-0.1, -0.05) is 84.1 Å². The molecule has 0 aliphatic rings. The Hall–Kier alpha value is -3.83. The van der Waals surface area contributed by atoms with Gasteiger partial charge >= 0.3 is 0 Å². The minimum absolute atomic E-state index is 0.0678. The fourth-order valence-corrected chi connectivity index (χ4v) is 5.09. The van der Waals surface area contributed by atoms with Crippen molar-refractivity contribution in [3.05, 3.63) is 112 Å². The van der Waals surface area contributed by atoms with Crippen LogP contribution in [-0.2, 0) is 6.54 Å². The summed E-state index contributed by atoms with van der Waals surface area (Å²) in [6, 6.07) is 28.2. The van der Waals surface area contributed by atoms with Crippen LogP contribution in [0.2, 0.25) is 0 Å². The molecule has 4 nitrogen and oxygen atoms in total. The molecule has 1 heterocycles. The summed E-state index contributed by atoms with van der Waals surface area (Å²) in [5, 5.41) is 2.33. The molecule has 0 fully saturated rings. The second-order valence-corrected chi connectivity index (χ2v) is 8.43. The molecule has 0 unspecified atom stereocenters. The van der Waals surface area contributed by atoms with Gasteiger partial charge in [-0.15, -0.1) is 0 Å². The zero-order valence-corrected chi connectivity index (χ0v) is 18.3. The predicted molar refractivity (Wildman–Crippen MR) is 129 cm³/mol. The maximum Gasteiger partial charge on any atom is 0.279 e. The topological polar surface area (TPSA) is 51.4 Å². The minimum atomic E-state index is -0.318. The Bertz CT molecular complexity index is 1530. The Morgan fingerprint density at radius 1 is 0.781 bits per heavy atom. The molecule has 0 bridgehead atoms. The monoisotopic (exact) mass is 436 g/mol. The molecule has 0 radical (unpaired) electrons. The molecule has 0 aliphatic heterocycles. The SMILES string of the molecule is CCn1c(=NC(=O)c2ccc(C(=O)c3ccccc3)cc2)sc2c3ccccc3ccc21. The second kappa shape index (κ2) is 8.36. The third-order valence-corrected chi connectivity index (χ3v) is 6.64. The van der Waals surface area contributed by atoms with E-state index in [0.717, 1.165) is 22.1 Å². The van der Waals surface area contributed by atoms with Gasteiger partial charge in [0, 0.05) is 28.6 Å². The van der Waals surface area contributed by atoms with Gasteiger partial charge in [0.15, 0.2) is 10.6 Å². The van der Waals surface area contributed by atoms with Crippen LogP contribution in [0.25, 0.3) is 21.0 Å². The molecular formula is C27H20N2O2S. The number of thiazole rings is 1. The van der Waals surface area contributed by atoms with Gasteiger partial charge in [0.05, 0.1) is 10.2 Å². The smallest absolute Gasteiger partial charge is 0.279 e. The molecule has 156 valence electrons. The van der Waals surface area contributed by atoms with Crippen molar-refractivity contribution in [3.63, 3.8) is 0 Å². The summed E-state index contributed by atoms with van der Waals surface area (Å²) in [5.74, 6) is -0.386. The number of ketones is 1. The Morgan fingerprint density at radius 3 is 2.19 bits per heavy atom. The maximum absolute atomic E-state index is 12.9. The fourth-order valence-electron chi connectivity index (χ4n) is 3.86. The summed E-state index contributed by atoms with van der Waals surface area (Å²) in [6.45, 7) is 2.77. The van der Waals surface area contributed by atoms with Gasteiger partial charge in [-0.2, -0.15) is 4.99 Å². The van der Waals surface area contributed by atoms with Crippen LogP contribution in [0.1, 0.15) is 33.2 Å². The standard InChI is InChI=1S/C27H20N2O2S/c1-2-29-23-17-16-18-8-6-7-11-22(18)25(23)32-27(29)28-26(31)21-14-12-20(13-15-21)24(30)19-9-4-3-5-10-19/h3-17H,2H2,1H3. The first-order valence-corrected chi connectivity index (χ1v) is 11.3. The zero-order valence-electron chi connectivity index (χ0n) is 17.5. The molecule has 0 saturated heterocycles. The Morgan fingerprint density at radius 2 is 1.44 bits per heavy atom. The minimum Gasteiger partial charge on any atom is -0.317 e. The number of aryl methyl sites for hydroxylation is 1. The first-order chi connectivity index (χ1) is 15.7. The first kappa shape index (κ1) is 20.1. The summed E-state index contributed by atoms with van der Waals surface area (Å²) in [5.41, 5.74) is 2.70. The van der Waals surface area contributed by atoms with Gasteiger partial charge < -0.3 is 4.57 Å². The lowest BCUT2D eigenvalue weighted by Gasteiger charge is -2.03. The quantitative estimate of drug-likeness (QED) is 0.332. The molecule has 5 rings (SSSR count). The van der Waals surface area contributed by atoms with E-state index in [1.54, 1.807) is 36.4 Å². The number of rotatable bonds is 4. The van der Waals surface area contributed by atoms with Crippen LogP contribution >= 0.6 is 11.3 Å². The largest absolute Gasteiger partial charge is 0.317 e. The van der Waals surface area contributed by atoms with Crippen LogP contribution in [0.5, 0.6) is 0 Å². The summed E-state index contributed by atoms with van der Waals surface area (Å²) in [6.07, 6.45) is 0. The number of amides is 1. The van der Waals surface area contributed by atoms with Gasteiger partial charge in [0.2, 0.25) is 0 Å². The Kier molecular flexibility index (Phi) is 5.25. The molecule has 1 aromatic heterocycles. The van der Waals surface area contributed by atoms with Gasteiger partial charge in [-0.05, 0) is 30.5 Å². The highest BCUT2D eigenvalue weighted by Gasteiger charge is 2.12. The third-order valence-electron chi connectivity index (χ3n) is 5.52. The number of fused-ring (bicyclic) bond motifs is 3. The van der Waals surface area contributed by atoms with Crippen LogP contribution < -0.4 is 4.80 Å². The van der Waals surface area contributed by atoms with Crippen molar-refractivity contribution in [1.82, 2.24) is 4.57 Å². The van der Waals surface area contributed by atoms with Gasteiger partial charge in [0.25, 0.3) is 5.91 Å². The highest BCUT2D eigenvalue weighted by molar-refractivity contribution is 7.17. The van der Waals surface area contributed by atoms with E-state index >= 15 is 0 Å². The van der Waals surface area contributed by atoms with Gasteiger partial charge in [-0.3, -0.25) is 9.59 Å². The van der Waals surface area contributed by atoms with Crippen molar-refractivity contribution >= 4 is 44.0 Å². The number of aromatic nitrogens is 1. The van der Waals surface area contributed by atoms with Crippen molar-refractivity contribution in [2.75, 3.05) is 0 Å². The zero-order chi connectivity index (χ0) is 22.1. The van der Waals surface area contributed by atoms with Crippen molar-refractivity contribution in [2.24, 2.45) is 4.99 Å². The van der Waals surface area contributed by atoms with E-state index in [0.29, 0.717) is 21.5 Å². The molecular weight excluding hydrogens is 416 g/mol. The van der Waals surface area contributed by atoms with E-state index < -0.39 is 0 Å². The van der Waals surface area contributed by atoms with Gasteiger partial charge in [-0.25, -0.2) is 0 Å². The molecule has 5 heteroatoms. The van der Waals surface area contributed by atoms with E-state index in [2.05, 4.69) is 40.7 Å². The lowest BCUT2D eigenvalue weighted by molar-refractivity contribution is 0.0994. The average Bonchev–Trinajstić information content (AvgIpc) is 3.21. The Balaban J connectivity index is 1.52. The van der Waals surface area contributed by atoms with E-state index in [-0.39, 0.29) is 11.7 Å². The number of carbonyl (C=O) groups excluding carboxylic acids is 2. The molecule has 4 aromatic carbocycles. The Labute approximate surface area is 189 Å². The van der Waals surface area contributed by atoms with Gasteiger partial charge in [0.1, 0.15) is 0 Å². The number of nitrogens with zero attached hydrogens (tertiary/aromatic N) is 2. The number of hydrogen-bond donors (Lipinski definition) is 0. The lowest BCUT2D eigenvalue weighted by Crippen LogP contribution is -2.15. The maximum atomic E-state index is 12.9. The third kappa shape index (κ3) is 3.57. The molecule has 0 atom stereocenters. The normalized spacial score (nSPS) is 11.8. The predicted octanol–water partition coefficient (Wildman–Crippen LogP) is 5.85. The lowest BCUT2D eigenvalue weighted by atomic mass is 10.0. The van der Waals surface area contributed by atoms with Crippen molar-refractivity contribution in [2.45, 2.75) is 13.5 Å². The van der Waals surface area contributed by atoms with Crippen LogP contribution in [-0.4, -0.2) is 16.3 Å². The highest BCUT2D eigenvalue weighted by Crippen LogP contribution is 2.27. The van der Waals surface area contributed by atoms with E-state index in [1.807, 2.05) is 30.3 Å². The molecule has 0 aliphatic carbocycles. The molecule has 0 spiro atoms. The van der Waals surface area contributed by atoms with Crippen LogP contribution in [0.3, 0.4) is 0 Å². The first-order valence-electron chi connectivity index (χ1n) is 10.5. The average molecular weight is 437 g/mol.